The molecular weight excluding hydrogens is 282 g/mol. The summed E-state index contributed by atoms with van der Waals surface area (Å²) in [6.45, 7) is 6.57. The van der Waals surface area contributed by atoms with E-state index in [9.17, 15) is 14.4 Å². The van der Waals surface area contributed by atoms with Gasteiger partial charge in [0.25, 0.3) is 0 Å². The van der Waals surface area contributed by atoms with Crippen LogP contribution in [0.1, 0.15) is 46.5 Å². The van der Waals surface area contributed by atoms with Gasteiger partial charge in [-0.25, -0.2) is 0 Å². The summed E-state index contributed by atoms with van der Waals surface area (Å²) in [5, 5.41) is 3.17. The first-order valence-corrected chi connectivity index (χ1v) is 8.06. The van der Waals surface area contributed by atoms with Crippen molar-refractivity contribution >= 4 is 17.6 Å². The molecule has 1 saturated heterocycles. The Bertz CT molecular complexity index is 411. The lowest BCUT2D eigenvalue weighted by Gasteiger charge is -2.30. The second kappa shape index (κ2) is 8.88. The lowest BCUT2D eigenvalue weighted by atomic mass is 10.0. The molecular formula is C16H28N3O3. The SMILES string of the molecule is CCCN(C(=O)[CH]C[C@H](C)C(N)=O)[C@H]1CC[C@@H](C)NCC1=O. The fourth-order valence-corrected chi connectivity index (χ4v) is 2.56. The minimum Gasteiger partial charge on any atom is -0.369 e. The maximum Gasteiger partial charge on any atom is 0.227 e. The van der Waals surface area contributed by atoms with Gasteiger partial charge in [0, 0.05) is 18.5 Å². The number of nitrogens with zero attached hydrogens (tertiary/aromatic N) is 1. The number of primary amides is 1. The number of rotatable bonds is 7. The van der Waals surface area contributed by atoms with Crippen molar-refractivity contribution in [3.63, 3.8) is 0 Å². The first-order chi connectivity index (χ1) is 10.4. The molecule has 1 heterocycles. The van der Waals surface area contributed by atoms with Crippen molar-refractivity contribution in [2.45, 2.75) is 58.5 Å². The van der Waals surface area contributed by atoms with Crippen LogP contribution in [-0.2, 0) is 14.4 Å². The summed E-state index contributed by atoms with van der Waals surface area (Å²) in [6, 6.07) is -0.0866. The molecule has 22 heavy (non-hydrogen) atoms. The van der Waals surface area contributed by atoms with E-state index in [2.05, 4.69) is 5.32 Å². The first kappa shape index (κ1) is 18.6. The highest BCUT2D eigenvalue weighted by atomic mass is 16.2. The highest BCUT2D eigenvalue weighted by Crippen LogP contribution is 2.17. The van der Waals surface area contributed by atoms with Gasteiger partial charge in [0.05, 0.1) is 19.0 Å². The van der Waals surface area contributed by atoms with E-state index in [-0.39, 0.29) is 29.7 Å². The smallest absolute Gasteiger partial charge is 0.227 e. The minimum atomic E-state index is -0.422. The summed E-state index contributed by atoms with van der Waals surface area (Å²) in [7, 11) is 0. The Morgan fingerprint density at radius 2 is 2.14 bits per heavy atom. The predicted molar refractivity (Wildman–Crippen MR) is 84.8 cm³/mol. The van der Waals surface area contributed by atoms with Crippen molar-refractivity contribution in [2.24, 2.45) is 11.7 Å². The Kier molecular flexibility index (Phi) is 7.51. The fourth-order valence-electron chi connectivity index (χ4n) is 2.56. The third-order valence-electron chi connectivity index (χ3n) is 4.13. The summed E-state index contributed by atoms with van der Waals surface area (Å²) in [5.41, 5.74) is 5.21. The Balaban J connectivity index is 2.71. The van der Waals surface area contributed by atoms with Gasteiger partial charge < -0.3 is 16.0 Å². The van der Waals surface area contributed by atoms with E-state index in [1.165, 1.54) is 6.42 Å². The van der Waals surface area contributed by atoms with Gasteiger partial charge in [0.15, 0.2) is 5.78 Å². The molecule has 2 amide bonds. The number of nitrogens with two attached hydrogens (primary N) is 1. The number of ketones is 1. The number of hydrogen-bond acceptors (Lipinski definition) is 4. The molecule has 0 saturated carbocycles. The van der Waals surface area contributed by atoms with E-state index < -0.39 is 5.91 Å². The lowest BCUT2D eigenvalue weighted by Crippen LogP contribution is -2.47. The van der Waals surface area contributed by atoms with Crippen LogP contribution in [0.2, 0.25) is 0 Å². The number of hydrogen-bond donors (Lipinski definition) is 2. The molecule has 1 radical (unpaired) electrons. The second-order valence-corrected chi connectivity index (χ2v) is 6.12. The molecule has 1 aliphatic heterocycles. The number of carbonyl (C=O) groups is 3. The van der Waals surface area contributed by atoms with Gasteiger partial charge in [-0.15, -0.1) is 0 Å². The summed E-state index contributed by atoms with van der Waals surface area (Å²) in [6.07, 6.45) is 4.13. The molecule has 0 aromatic heterocycles. The Hall–Kier alpha value is -1.43. The monoisotopic (exact) mass is 310 g/mol. The van der Waals surface area contributed by atoms with E-state index in [4.69, 9.17) is 5.73 Å². The molecule has 0 unspecified atom stereocenters. The average Bonchev–Trinajstić information content (AvgIpc) is 2.64. The molecule has 3 N–H and O–H groups in total. The highest BCUT2D eigenvalue weighted by Gasteiger charge is 2.31. The standard InChI is InChI=1S/C16H28N3O3/c1-4-9-19(15(21)8-5-11(2)16(17)22)13-7-6-12(3)18-10-14(13)20/h8,11-13,18H,4-7,9-10H2,1-3H3,(H2,17,22)/t11-,12+,13-/m0/s1. The van der Waals surface area contributed by atoms with Crippen LogP contribution < -0.4 is 11.1 Å². The van der Waals surface area contributed by atoms with Crippen molar-refractivity contribution in [3.05, 3.63) is 6.42 Å². The Morgan fingerprint density at radius 3 is 2.73 bits per heavy atom. The van der Waals surface area contributed by atoms with E-state index in [0.29, 0.717) is 25.9 Å². The Labute approximate surface area is 132 Å². The zero-order valence-electron chi connectivity index (χ0n) is 13.8. The van der Waals surface area contributed by atoms with E-state index in [1.807, 2.05) is 13.8 Å². The third-order valence-corrected chi connectivity index (χ3v) is 4.13. The highest BCUT2D eigenvalue weighted by molar-refractivity contribution is 5.93. The minimum absolute atomic E-state index is 0.0579. The van der Waals surface area contributed by atoms with Gasteiger partial charge in [-0.1, -0.05) is 13.8 Å². The van der Waals surface area contributed by atoms with Gasteiger partial charge >= 0.3 is 0 Å². The molecule has 1 aliphatic rings. The van der Waals surface area contributed by atoms with Crippen LogP contribution in [0.5, 0.6) is 0 Å². The molecule has 0 bridgehead atoms. The zero-order valence-corrected chi connectivity index (χ0v) is 13.8. The van der Waals surface area contributed by atoms with Crippen molar-refractivity contribution in [2.75, 3.05) is 13.1 Å². The first-order valence-electron chi connectivity index (χ1n) is 8.06. The van der Waals surface area contributed by atoms with E-state index in [1.54, 1.807) is 11.8 Å². The van der Waals surface area contributed by atoms with Crippen LogP contribution in [0.25, 0.3) is 0 Å². The third kappa shape index (κ3) is 5.40. The number of nitrogens with one attached hydrogen (secondary N) is 1. The topological polar surface area (TPSA) is 92.5 Å². The van der Waals surface area contributed by atoms with Crippen molar-refractivity contribution in [1.82, 2.24) is 10.2 Å². The van der Waals surface area contributed by atoms with Crippen molar-refractivity contribution < 1.29 is 14.4 Å². The van der Waals surface area contributed by atoms with Crippen LogP contribution >= 0.6 is 0 Å². The summed E-state index contributed by atoms with van der Waals surface area (Å²) < 4.78 is 0. The van der Waals surface area contributed by atoms with Gasteiger partial charge in [0.1, 0.15) is 0 Å². The summed E-state index contributed by atoms with van der Waals surface area (Å²) in [4.78, 5) is 37.4. The van der Waals surface area contributed by atoms with Crippen molar-refractivity contribution in [1.29, 1.82) is 0 Å². The normalized spacial score (nSPS) is 23.7. The zero-order chi connectivity index (χ0) is 16.7. The largest absolute Gasteiger partial charge is 0.369 e. The molecule has 125 valence electrons. The quantitative estimate of drug-likeness (QED) is 0.722. The predicted octanol–water partition coefficient (Wildman–Crippen LogP) is 0.650. The summed E-state index contributed by atoms with van der Waals surface area (Å²) in [5.74, 6) is -0.918. The summed E-state index contributed by atoms with van der Waals surface area (Å²) >= 11 is 0. The van der Waals surface area contributed by atoms with Crippen LogP contribution in [0.3, 0.4) is 0 Å². The molecule has 1 fully saturated rings. The molecule has 3 atom stereocenters. The molecule has 6 heteroatoms. The molecule has 0 aromatic carbocycles. The lowest BCUT2D eigenvalue weighted by molar-refractivity contribution is -0.137. The van der Waals surface area contributed by atoms with Crippen LogP contribution in [0, 0.1) is 12.3 Å². The molecule has 0 spiro atoms. The van der Waals surface area contributed by atoms with Gasteiger partial charge in [-0.3, -0.25) is 14.4 Å². The number of amides is 2. The Morgan fingerprint density at radius 1 is 1.45 bits per heavy atom. The van der Waals surface area contributed by atoms with Gasteiger partial charge in [-0.2, -0.15) is 0 Å². The maximum absolute atomic E-state index is 12.4. The van der Waals surface area contributed by atoms with Gasteiger partial charge in [0.2, 0.25) is 11.8 Å². The van der Waals surface area contributed by atoms with Crippen molar-refractivity contribution in [3.8, 4) is 0 Å². The van der Waals surface area contributed by atoms with Crippen LogP contribution in [0.15, 0.2) is 0 Å². The van der Waals surface area contributed by atoms with E-state index >= 15 is 0 Å². The second-order valence-electron chi connectivity index (χ2n) is 6.12. The van der Waals surface area contributed by atoms with Crippen LogP contribution in [0.4, 0.5) is 0 Å². The molecule has 0 aromatic rings. The van der Waals surface area contributed by atoms with Gasteiger partial charge in [-0.05, 0) is 32.6 Å². The van der Waals surface area contributed by atoms with Crippen LogP contribution in [-0.4, -0.2) is 47.7 Å². The molecule has 6 nitrogen and oxygen atoms in total. The molecule has 0 aliphatic carbocycles. The number of Topliss-reactive ketones (excluding diaryl/α,β-unsaturated/α-hetero) is 1. The number of carbonyl (C=O) groups excluding carboxylic acids is 3. The molecule has 1 rings (SSSR count). The average molecular weight is 310 g/mol. The fraction of sp³-hybridized carbons (Fsp3) is 0.750. The van der Waals surface area contributed by atoms with E-state index in [0.717, 1.165) is 12.8 Å². The maximum atomic E-state index is 12.4.